The van der Waals surface area contributed by atoms with Crippen molar-refractivity contribution in [2.24, 2.45) is 11.8 Å². The molecule has 1 amide bonds. The Labute approximate surface area is 176 Å². The molecule has 3 aliphatic rings. The molecular formula is C23H28N4O3. The van der Waals surface area contributed by atoms with Gasteiger partial charge in [-0.2, -0.15) is 0 Å². The molecule has 1 aromatic carbocycles. The number of methoxy groups -OCH3 is 1. The molecule has 7 heteroatoms. The Bertz CT molecular complexity index is 953. The fourth-order valence-corrected chi connectivity index (χ4v) is 5.78. The number of carbonyl (C=O) groups is 1. The standard InChI is InChI=1S/C23H28N4O3/c1-30-18-7-5-16(6-8-18)20-3-2-4-21-17-9-15(13-27(20)21)12-26(14-17)23(29)19-10-25-22(28)11-24-19/h5-8,10-11,15,17,20-21H,2-4,9,12-14H2,1H3,(H,25,28)/t15-,17+,20+,21-/m0/s1. The summed E-state index contributed by atoms with van der Waals surface area (Å²) in [7, 11) is 1.70. The van der Waals surface area contributed by atoms with Crippen LogP contribution in [0.1, 0.15) is 47.8 Å². The fraction of sp³-hybridized carbons (Fsp3) is 0.522. The van der Waals surface area contributed by atoms with Crippen LogP contribution in [0, 0.1) is 11.8 Å². The van der Waals surface area contributed by atoms with E-state index >= 15 is 0 Å². The van der Waals surface area contributed by atoms with Crippen molar-refractivity contribution in [1.29, 1.82) is 0 Å². The smallest absolute Gasteiger partial charge is 0.273 e. The van der Waals surface area contributed by atoms with Crippen molar-refractivity contribution in [1.82, 2.24) is 19.8 Å². The first kappa shape index (κ1) is 19.3. The van der Waals surface area contributed by atoms with Crippen LogP contribution in [0.3, 0.4) is 0 Å². The zero-order valence-electron chi connectivity index (χ0n) is 17.3. The number of amides is 1. The number of hydrogen-bond acceptors (Lipinski definition) is 5. The quantitative estimate of drug-likeness (QED) is 0.844. The van der Waals surface area contributed by atoms with E-state index in [1.54, 1.807) is 7.11 Å². The van der Waals surface area contributed by atoms with E-state index in [1.165, 1.54) is 43.6 Å². The average Bonchev–Trinajstić information content (AvgIpc) is 2.79. The minimum absolute atomic E-state index is 0.0723. The zero-order chi connectivity index (χ0) is 20.7. The van der Waals surface area contributed by atoms with E-state index in [9.17, 15) is 9.59 Å². The number of likely N-dealkylation sites (tertiary alicyclic amines) is 1. The molecule has 0 aliphatic carbocycles. The Morgan fingerprint density at radius 2 is 2.00 bits per heavy atom. The number of H-pyrrole nitrogens is 1. The molecule has 0 unspecified atom stereocenters. The molecule has 1 N–H and O–H groups in total. The zero-order valence-corrected chi connectivity index (χ0v) is 17.3. The van der Waals surface area contributed by atoms with E-state index in [-0.39, 0.29) is 11.5 Å². The van der Waals surface area contributed by atoms with Crippen molar-refractivity contribution in [3.8, 4) is 5.75 Å². The summed E-state index contributed by atoms with van der Waals surface area (Å²) in [5.74, 6) is 1.79. The number of benzene rings is 1. The van der Waals surface area contributed by atoms with Crippen LogP contribution < -0.4 is 10.3 Å². The number of carbonyl (C=O) groups excluding carboxylic acids is 1. The highest BCUT2D eigenvalue weighted by Gasteiger charge is 2.45. The van der Waals surface area contributed by atoms with Gasteiger partial charge in [0.15, 0.2) is 0 Å². The largest absolute Gasteiger partial charge is 0.497 e. The van der Waals surface area contributed by atoms with Gasteiger partial charge in [0.1, 0.15) is 11.4 Å². The Morgan fingerprint density at radius 1 is 1.17 bits per heavy atom. The molecule has 3 saturated heterocycles. The van der Waals surface area contributed by atoms with Crippen LogP contribution in [0.5, 0.6) is 5.75 Å². The van der Waals surface area contributed by atoms with E-state index < -0.39 is 0 Å². The monoisotopic (exact) mass is 408 g/mol. The van der Waals surface area contributed by atoms with E-state index in [2.05, 4.69) is 39.1 Å². The van der Waals surface area contributed by atoms with Gasteiger partial charge >= 0.3 is 0 Å². The Kier molecular flexibility index (Phi) is 5.06. The lowest BCUT2D eigenvalue weighted by molar-refractivity contribution is -0.0512. The summed E-state index contributed by atoms with van der Waals surface area (Å²) in [5.41, 5.74) is 1.40. The molecular weight excluding hydrogens is 380 g/mol. The molecule has 7 nitrogen and oxygen atoms in total. The first-order valence-electron chi connectivity index (χ1n) is 10.9. The van der Waals surface area contributed by atoms with Gasteiger partial charge in [0.2, 0.25) is 0 Å². The normalized spacial score (nSPS) is 28.6. The van der Waals surface area contributed by atoms with Crippen LogP contribution in [-0.2, 0) is 0 Å². The van der Waals surface area contributed by atoms with Crippen molar-refractivity contribution < 1.29 is 9.53 Å². The molecule has 30 heavy (non-hydrogen) atoms. The van der Waals surface area contributed by atoms with Crippen LogP contribution in [0.15, 0.2) is 41.5 Å². The maximum absolute atomic E-state index is 13.0. The van der Waals surface area contributed by atoms with Gasteiger partial charge in [-0.1, -0.05) is 12.1 Å². The van der Waals surface area contributed by atoms with Crippen LogP contribution in [0.2, 0.25) is 0 Å². The van der Waals surface area contributed by atoms with E-state index in [4.69, 9.17) is 4.74 Å². The second-order valence-electron chi connectivity index (χ2n) is 8.85. The van der Waals surface area contributed by atoms with Crippen LogP contribution in [0.25, 0.3) is 0 Å². The number of nitrogens with one attached hydrogen (secondary N) is 1. The van der Waals surface area contributed by atoms with Crippen LogP contribution in [-0.4, -0.2) is 58.5 Å². The number of fused-ring (bicyclic) bond motifs is 4. The number of rotatable bonds is 3. The minimum atomic E-state index is -0.288. The molecule has 4 atom stereocenters. The van der Waals surface area contributed by atoms with Gasteiger partial charge in [0, 0.05) is 37.9 Å². The summed E-state index contributed by atoms with van der Waals surface area (Å²) >= 11 is 0. The maximum atomic E-state index is 13.0. The summed E-state index contributed by atoms with van der Waals surface area (Å²) in [5, 5.41) is 0. The predicted molar refractivity (Wildman–Crippen MR) is 112 cm³/mol. The van der Waals surface area contributed by atoms with E-state index in [1.807, 2.05) is 4.90 Å². The van der Waals surface area contributed by atoms with Gasteiger partial charge in [-0.25, -0.2) is 4.98 Å². The second-order valence-corrected chi connectivity index (χ2v) is 8.85. The van der Waals surface area contributed by atoms with Crippen molar-refractivity contribution in [3.63, 3.8) is 0 Å². The highest BCUT2D eigenvalue weighted by atomic mass is 16.5. The molecule has 2 bridgehead atoms. The Balaban J connectivity index is 1.34. The first-order valence-corrected chi connectivity index (χ1v) is 10.9. The maximum Gasteiger partial charge on any atom is 0.273 e. The first-order chi connectivity index (χ1) is 14.6. The Hall–Kier alpha value is -2.67. The molecule has 0 spiro atoms. The highest BCUT2D eigenvalue weighted by Crippen LogP contribution is 2.44. The fourth-order valence-electron chi connectivity index (χ4n) is 5.78. The van der Waals surface area contributed by atoms with Gasteiger partial charge in [0.25, 0.3) is 11.5 Å². The van der Waals surface area contributed by atoms with Crippen molar-refractivity contribution in [2.75, 3.05) is 26.7 Å². The second kappa shape index (κ2) is 7.87. The van der Waals surface area contributed by atoms with Gasteiger partial charge in [-0.3, -0.25) is 14.5 Å². The van der Waals surface area contributed by atoms with E-state index in [0.29, 0.717) is 29.6 Å². The number of nitrogens with zero attached hydrogens (tertiary/aromatic N) is 3. The average molecular weight is 409 g/mol. The summed E-state index contributed by atoms with van der Waals surface area (Å²) in [6.07, 6.45) is 7.41. The number of aromatic nitrogens is 2. The number of ether oxygens (including phenoxy) is 1. The van der Waals surface area contributed by atoms with Gasteiger partial charge in [-0.15, -0.1) is 0 Å². The number of hydrogen-bond donors (Lipinski definition) is 1. The van der Waals surface area contributed by atoms with Gasteiger partial charge < -0.3 is 14.6 Å². The lowest BCUT2D eigenvalue weighted by Gasteiger charge is -2.55. The number of aromatic amines is 1. The van der Waals surface area contributed by atoms with Crippen LogP contribution in [0.4, 0.5) is 0 Å². The molecule has 3 aliphatic heterocycles. The lowest BCUT2D eigenvalue weighted by Crippen LogP contribution is -2.60. The molecule has 3 fully saturated rings. The molecule has 0 radical (unpaired) electrons. The Morgan fingerprint density at radius 3 is 2.73 bits per heavy atom. The SMILES string of the molecule is COc1ccc([C@H]2CCC[C@H]3[C@@H]4C[C@@H](CN(C(=O)c5c[nH]c(=O)cn5)C4)CN23)cc1. The molecule has 2 aromatic rings. The van der Waals surface area contributed by atoms with Crippen molar-refractivity contribution in [2.45, 2.75) is 37.8 Å². The third-order valence-corrected chi connectivity index (χ3v) is 7.07. The summed E-state index contributed by atoms with van der Waals surface area (Å²) in [6, 6.07) is 9.48. The summed E-state index contributed by atoms with van der Waals surface area (Å²) in [4.78, 5) is 35.5. The topological polar surface area (TPSA) is 78.5 Å². The highest BCUT2D eigenvalue weighted by molar-refractivity contribution is 5.92. The molecule has 158 valence electrons. The van der Waals surface area contributed by atoms with Gasteiger partial charge in [0.05, 0.1) is 13.3 Å². The summed E-state index contributed by atoms with van der Waals surface area (Å²) in [6.45, 7) is 2.56. The minimum Gasteiger partial charge on any atom is -0.497 e. The molecule has 4 heterocycles. The van der Waals surface area contributed by atoms with Crippen molar-refractivity contribution >= 4 is 5.91 Å². The molecule has 0 saturated carbocycles. The van der Waals surface area contributed by atoms with Crippen molar-refractivity contribution in [3.05, 3.63) is 58.3 Å². The third kappa shape index (κ3) is 3.51. The lowest BCUT2D eigenvalue weighted by atomic mass is 9.74. The predicted octanol–water partition coefficient (Wildman–Crippen LogP) is 2.47. The van der Waals surface area contributed by atoms with Crippen LogP contribution >= 0.6 is 0 Å². The number of piperidine rings is 3. The van der Waals surface area contributed by atoms with Gasteiger partial charge in [-0.05, 0) is 55.2 Å². The molecule has 5 rings (SSSR count). The third-order valence-electron chi connectivity index (χ3n) is 7.07. The molecule has 1 aromatic heterocycles. The van der Waals surface area contributed by atoms with E-state index in [0.717, 1.165) is 25.4 Å². The summed E-state index contributed by atoms with van der Waals surface area (Å²) < 4.78 is 5.33.